The lowest BCUT2D eigenvalue weighted by Crippen LogP contribution is -2.35. The van der Waals surface area contributed by atoms with Crippen LogP contribution in [0.25, 0.3) is 0 Å². The van der Waals surface area contributed by atoms with E-state index in [1.54, 1.807) is 0 Å². The van der Waals surface area contributed by atoms with Crippen LogP contribution in [-0.4, -0.2) is 55.6 Å². The summed E-state index contributed by atoms with van der Waals surface area (Å²) < 4.78 is 40.9. The minimum absolute atomic E-state index is 0.00815. The minimum Gasteiger partial charge on any atom is -0.394 e. The number of nitro benzene ring substituents is 2. The van der Waals surface area contributed by atoms with Crippen LogP contribution in [-0.2, 0) is 30.1 Å². The van der Waals surface area contributed by atoms with Gasteiger partial charge in [-0.2, -0.15) is 0 Å². The molecule has 0 aliphatic rings. The monoisotopic (exact) mass is 1550 g/mol. The van der Waals surface area contributed by atoms with Gasteiger partial charge in [-0.15, -0.1) is 0 Å². The summed E-state index contributed by atoms with van der Waals surface area (Å²) in [6.07, 6.45) is 50.1. The fourth-order valence-corrected chi connectivity index (χ4v) is 16.1. The average molecular weight is 1550 g/mol. The predicted molar refractivity (Wildman–Crippen MR) is 466 cm³/mol. The molecule has 13 nitrogen and oxygen atoms in total. The smallest absolute Gasteiger partial charge is 0.394 e. The first kappa shape index (κ1) is 91.2. The molecule has 114 heavy (non-hydrogen) atoms. The van der Waals surface area contributed by atoms with Crippen LogP contribution in [0, 0.1) is 20.2 Å². The summed E-state index contributed by atoms with van der Waals surface area (Å²) in [5, 5.41) is 25.8. The molecular weight excluding hydrogens is 1420 g/mol. The summed E-state index contributed by atoms with van der Waals surface area (Å²) in [4.78, 5) is 39.9. The summed E-state index contributed by atoms with van der Waals surface area (Å²) in [6.45, 7) is 5.46. The Kier molecular flexibility index (Phi) is 44.2. The first-order chi connectivity index (χ1) is 56.2. The van der Waals surface area contributed by atoms with Crippen LogP contribution >= 0.6 is 0 Å². The topological polar surface area (TPSA) is 159 Å². The van der Waals surface area contributed by atoms with Crippen molar-refractivity contribution < 1.29 is 43.1 Å². The highest BCUT2D eigenvalue weighted by molar-refractivity contribution is 5.69. The zero-order valence-electron chi connectivity index (χ0n) is 69.4. The molecule has 0 fully saturated rings. The van der Waals surface area contributed by atoms with Crippen LogP contribution in [0.15, 0.2) is 218 Å². The molecule has 616 valence electrons. The second kappa shape index (κ2) is 55.3. The van der Waals surface area contributed by atoms with Gasteiger partial charge in [0.25, 0.3) is 11.4 Å². The van der Waals surface area contributed by atoms with E-state index in [1.165, 1.54) is 255 Å². The molecule has 0 amide bonds. The third kappa shape index (κ3) is 31.7. The van der Waals surface area contributed by atoms with E-state index in [0.29, 0.717) is 24.3 Å². The van der Waals surface area contributed by atoms with Crippen molar-refractivity contribution in [2.75, 3.05) is 39.6 Å². The predicted octanol–water partition coefficient (Wildman–Crippen LogP) is 28.9. The molecule has 8 aromatic carbocycles. The van der Waals surface area contributed by atoms with Gasteiger partial charge in [-0.3, -0.25) is 20.2 Å². The highest BCUT2D eigenvalue weighted by Gasteiger charge is 2.41. The van der Waals surface area contributed by atoms with E-state index < -0.39 is 39.0 Å². The Hall–Kier alpha value is -8.33. The van der Waals surface area contributed by atoms with Crippen LogP contribution in [0.4, 0.5) is 16.2 Å². The molecule has 0 saturated carbocycles. The number of hydrogen-bond donors (Lipinski definition) is 0. The van der Waals surface area contributed by atoms with Crippen LogP contribution in [0.5, 0.6) is 11.5 Å². The Morgan fingerprint density at radius 1 is 0.289 bits per heavy atom. The summed E-state index contributed by atoms with van der Waals surface area (Å²) >= 11 is 0. The Balaban J connectivity index is 0.981. The van der Waals surface area contributed by atoms with Gasteiger partial charge in [0, 0.05) is 60.4 Å². The number of nitrogens with zero attached hydrogens (tertiary/aromatic N) is 2. The summed E-state index contributed by atoms with van der Waals surface area (Å²) in [6, 6.07) is 68.3. The van der Waals surface area contributed by atoms with Crippen molar-refractivity contribution in [3.8, 4) is 11.5 Å². The number of ether oxygens (including phenoxy) is 6. The molecule has 2 atom stereocenters. The number of rotatable bonds is 64. The van der Waals surface area contributed by atoms with Gasteiger partial charge in [-0.25, -0.2) is 4.79 Å². The van der Waals surface area contributed by atoms with Gasteiger partial charge < -0.3 is 28.4 Å². The SMILES string of the molecule is CCCCCCCCCCCCCCCCCCCCCCOC[C@H](COC(c1ccccc1)(c1ccccc1)c1ccccc1)c1cc([N+](=O)[O-])ccc1OC(=O)Oc1ccc([N+](=O)[O-])cc1[C@H](COCCCCCCCCCCCCCCCCCCCCCC)COC(c1ccccc1)(c1ccccc1)c1ccccc1. The third-order valence-corrected chi connectivity index (χ3v) is 22.7. The molecule has 0 saturated heterocycles. The zero-order chi connectivity index (χ0) is 80.0. The van der Waals surface area contributed by atoms with Crippen molar-refractivity contribution >= 4 is 17.5 Å². The molecule has 13 heteroatoms. The van der Waals surface area contributed by atoms with Gasteiger partial charge in [0.05, 0.1) is 36.3 Å². The zero-order valence-corrected chi connectivity index (χ0v) is 69.4. The number of carbonyl (C=O) groups is 1. The van der Waals surface area contributed by atoms with Crippen molar-refractivity contribution in [2.24, 2.45) is 0 Å². The highest BCUT2D eigenvalue weighted by Crippen LogP contribution is 2.45. The maximum absolute atomic E-state index is 15.0. The fourth-order valence-electron chi connectivity index (χ4n) is 16.1. The van der Waals surface area contributed by atoms with Gasteiger partial charge >= 0.3 is 6.16 Å². The van der Waals surface area contributed by atoms with Gasteiger partial charge in [0.2, 0.25) is 0 Å². The molecule has 8 aromatic rings. The third-order valence-electron chi connectivity index (χ3n) is 22.7. The number of nitro groups is 2. The van der Waals surface area contributed by atoms with Crippen LogP contribution in [0.1, 0.15) is 327 Å². The summed E-state index contributed by atoms with van der Waals surface area (Å²) in [5.74, 6) is -1.52. The molecule has 0 spiro atoms. The van der Waals surface area contributed by atoms with E-state index in [-0.39, 0.29) is 49.3 Å². The Labute approximate surface area is 684 Å². The molecule has 0 aliphatic heterocycles. The lowest BCUT2D eigenvalue weighted by atomic mass is 9.80. The van der Waals surface area contributed by atoms with E-state index >= 15 is 0 Å². The van der Waals surface area contributed by atoms with E-state index in [1.807, 2.05) is 182 Å². The Morgan fingerprint density at radius 2 is 0.500 bits per heavy atom. The lowest BCUT2D eigenvalue weighted by Gasteiger charge is -2.37. The summed E-state index contributed by atoms with van der Waals surface area (Å²) in [7, 11) is 0. The Morgan fingerprint density at radius 3 is 0.711 bits per heavy atom. The first-order valence-electron chi connectivity index (χ1n) is 44.4. The maximum atomic E-state index is 15.0. The molecule has 0 unspecified atom stereocenters. The number of non-ortho nitro benzene ring substituents is 2. The molecule has 0 N–H and O–H groups in total. The standard InChI is InChI=1S/C101H136N2O11/c1-3-5-7-9-11-13-15-17-19-21-23-25-27-29-31-33-35-37-39-59-77-109-81-85(83-111-100(87-61-47-41-48-62-87,88-63-49-42-50-64-88)89-65-51-43-52-66-89)95-79-93(102(105)106)73-75-97(95)113-99(104)114-98-76-74-94(103(107)108)80-96(98)86(82-110-78-60-40-38-36-34-32-30-28-26-24-22-20-18-16-14-12-10-8-6-4-2)84-112-101(90-67-53-44-54-68-90,91-69-55-45-56-70-91)92-71-57-46-58-72-92/h41-58,61-76,79-80,85-86H,3-40,59-60,77-78,81-84H2,1-2H3/t85-,86-/m1/s1. The van der Waals surface area contributed by atoms with Crippen molar-refractivity contribution in [2.45, 2.75) is 294 Å². The van der Waals surface area contributed by atoms with Gasteiger partial charge in [0.15, 0.2) is 0 Å². The van der Waals surface area contributed by atoms with Gasteiger partial charge in [0.1, 0.15) is 22.7 Å². The fraction of sp³-hybridized carbons (Fsp3) is 0.515. The van der Waals surface area contributed by atoms with E-state index in [0.717, 1.165) is 71.9 Å². The minimum atomic E-state index is -1.18. The largest absolute Gasteiger partial charge is 0.519 e. The number of carbonyl (C=O) groups excluding carboxylic acids is 1. The van der Waals surface area contributed by atoms with Crippen LogP contribution in [0.2, 0.25) is 0 Å². The van der Waals surface area contributed by atoms with Gasteiger partial charge in [-0.05, 0) is 58.4 Å². The highest BCUT2D eigenvalue weighted by atomic mass is 16.7. The van der Waals surface area contributed by atoms with Crippen LogP contribution < -0.4 is 9.47 Å². The van der Waals surface area contributed by atoms with Gasteiger partial charge in [-0.1, -0.05) is 440 Å². The van der Waals surface area contributed by atoms with E-state index in [2.05, 4.69) is 13.8 Å². The van der Waals surface area contributed by atoms with E-state index in [4.69, 9.17) is 28.4 Å². The van der Waals surface area contributed by atoms with Crippen molar-refractivity contribution in [3.05, 3.63) is 283 Å². The second-order valence-electron chi connectivity index (χ2n) is 31.6. The maximum Gasteiger partial charge on any atom is 0.519 e. The molecule has 0 radical (unpaired) electrons. The molecule has 0 aromatic heterocycles. The lowest BCUT2D eigenvalue weighted by molar-refractivity contribution is -0.385. The average Bonchev–Trinajstić information content (AvgIpc) is 0.761. The van der Waals surface area contributed by atoms with E-state index in [9.17, 15) is 25.0 Å². The van der Waals surface area contributed by atoms with Crippen molar-refractivity contribution in [1.82, 2.24) is 0 Å². The molecule has 0 aliphatic carbocycles. The van der Waals surface area contributed by atoms with Crippen molar-refractivity contribution in [3.63, 3.8) is 0 Å². The normalized spacial score (nSPS) is 12.2. The van der Waals surface area contributed by atoms with Crippen molar-refractivity contribution in [1.29, 1.82) is 0 Å². The number of unbranched alkanes of at least 4 members (excludes halogenated alkanes) is 38. The first-order valence-corrected chi connectivity index (χ1v) is 44.4. The number of hydrogen-bond acceptors (Lipinski definition) is 11. The molecule has 8 rings (SSSR count). The molecule has 0 bridgehead atoms. The van der Waals surface area contributed by atoms with Crippen LogP contribution in [0.3, 0.4) is 0 Å². The number of benzene rings is 8. The molecular formula is C101H136N2O11. The Bertz CT molecular complexity index is 3380. The molecule has 0 heterocycles. The second-order valence-corrected chi connectivity index (χ2v) is 31.6. The quantitative estimate of drug-likeness (QED) is 0.00892. The summed E-state index contributed by atoms with van der Waals surface area (Å²) in [5.41, 5.74) is 2.94.